The molecule has 10 nitrogen and oxygen atoms in total. The van der Waals surface area contributed by atoms with E-state index in [1.165, 1.54) is 6.33 Å². The number of fused-ring (bicyclic) bond motifs is 1. The number of hydrogen-bond donors (Lipinski definition) is 4. The smallest absolute Gasteiger partial charge is 0.475 e. The first kappa shape index (κ1) is 30.6. The molecule has 41 heavy (non-hydrogen) atoms. The van der Waals surface area contributed by atoms with Crippen molar-refractivity contribution < 1.29 is 32.7 Å². The molecule has 2 amide bonds. The maximum Gasteiger partial charge on any atom is 0.490 e. The fraction of sp³-hybridized carbons (Fsp3) is 0.250. The van der Waals surface area contributed by atoms with Gasteiger partial charge in [0.25, 0.3) is 11.8 Å². The number of aromatic nitrogens is 3. The highest BCUT2D eigenvalue weighted by Gasteiger charge is 2.38. The number of halogens is 3. The number of nitrogens with zero attached hydrogens (tertiary/aromatic N) is 3. The van der Waals surface area contributed by atoms with Gasteiger partial charge in [-0.15, -0.1) is 0 Å². The van der Waals surface area contributed by atoms with Crippen LogP contribution in [0.2, 0.25) is 0 Å². The zero-order valence-electron chi connectivity index (χ0n) is 22.7. The van der Waals surface area contributed by atoms with E-state index in [9.17, 15) is 22.8 Å². The number of carbonyl (C=O) groups is 3. The Hall–Kier alpha value is -4.94. The van der Waals surface area contributed by atoms with Crippen LogP contribution in [0.4, 0.5) is 24.7 Å². The summed E-state index contributed by atoms with van der Waals surface area (Å²) in [5, 5.41) is 20.6. The quantitative estimate of drug-likeness (QED) is 0.246. The molecule has 216 valence electrons. The van der Waals surface area contributed by atoms with E-state index >= 15 is 0 Å². The van der Waals surface area contributed by atoms with Crippen molar-refractivity contribution in [2.24, 2.45) is 0 Å². The first-order valence-corrected chi connectivity index (χ1v) is 12.5. The molecule has 0 aliphatic heterocycles. The Balaban J connectivity index is 0.000000587. The summed E-state index contributed by atoms with van der Waals surface area (Å²) >= 11 is 0. The largest absolute Gasteiger partial charge is 0.490 e. The van der Waals surface area contributed by atoms with Crippen LogP contribution in [0.25, 0.3) is 5.52 Å². The van der Waals surface area contributed by atoms with Crippen LogP contribution < -0.4 is 16.0 Å². The number of anilines is 2. The van der Waals surface area contributed by atoms with Crippen molar-refractivity contribution in [1.29, 1.82) is 0 Å². The van der Waals surface area contributed by atoms with Gasteiger partial charge in [-0.2, -0.15) is 18.3 Å². The van der Waals surface area contributed by atoms with Gasteiger partial charge in [-0.1, -0.05) is 36.4 Å². The molecular formula is C28H29F3N6O4. The number of rotatable bonds is 7. The molecule has 4 rings (SSSR count). The predicted octanol–water partition coefficient (Wildman–Crippen LogP) is 4.96. The van der Waals surface area contributed by atoms with Crippen molar-refractivity contribution in [2.75, 3.05) is 11.9 Å². The molecule has 2 aromatic carbocycles. The van der Waals surface area contributed by atoms with Crippen LogP contribution in [0.5, 0.6) is 0 Å². The minimum atomic E-state index is -5.08. The third-order valence-corrected chi connectivity index (χ3v) is 6.05. The molecule has 13 heteroatoms. The highest BCUT2D eigenvalue weighted by atomic mass is 19.4. The van der Waals surface area contributed by atoms with Gasteiger partial charge in [0, 0.05) is 24.0 Å². The molecule has 4 N–H and O–H groups in total. The van der Waals surface area contributed by atoms with Crippen molar-refractivity contribution in [2.45, 2.75) is 39.9 Å². The van der Waals surface area contributed by atoms with Crippen LogP contribution >= 0.6 is 0 Å². The summed E-state index contributed by atoms with van der Waals surface area (Å²) in [5.74, 6) is -2.52. The molecule has 1 atom stereocenters. The average Bonchev–Trinajstić information content (AvgIpc) is 3.27. The molecule has 0 saturated carbocycles. The lowest BCUT2D eigenvalue weighted by Crippen LogP contribution is -2.26. The van der Waals surface area contributed by atoms with Crippen LogP contribution in [-0.4, -0.2) is 50.2 Å². The van der Waals surface area contributed by atoms with Crippen molar-refractivity contribution >= 4 is 34.8 Å². The molecule has 0 saturated heterocycles. The van der Waals surface area contributed by atoms with Crippen LogP contribution in [0, 0.1) is 13.8 Å². The van der Waals surface area contributed by atoms with E-state index in [0.717, 1.165) is 22.4 Å². The first-order chi connectivity index (χ1) is 19.3. The Morgan fingerprint density at radius 3 is 2.32 bits per heavy atom. The number of aliphatic carboxylic acids is 1. The van der Waals surface area contributed by atoms with Gasteiger partial charge in [-0.3, -0.25) is 9.59 Å². The summed E-state index contributed by atoms with van der Waals surface area (Å²) in [6, 6.07) is 15.2. The van der Waals surface area contributed by atoms with Gasteiger partial charge >= 0.3 is 12.1 Å². The number of benzene rings is 2. The summed E-state index contributed by atoms with van der Waals surface area (Å²) in [6.07, 6.45) is -1.94. The summed E-state index contributed by atoms with van der Waals surface area (Å²) in [7, 11) is 0. The molecular weight excluding hydrogens is 541 g/mol. The van der Waals surface area contributed by atoms with Gasteiger partial charge < -0.3 is 21.1 Å². The lowest BCUT2D eigenvalue weighted by atomic mass is 10.1. The third kappa shape index (κ3) is 7.59. The zero-order valence-corrected chi connectivity index (χ0v) is 22.7. The summed E-state index contributed by atoms with van der Waals surface area (Å²) in [5.41, 5.74) is 5.29. The number of carboxylic acid groups (broad SMARTS) is 1. The molecule has 0 radical (unpaired) electrons. The number of alkyl halides is 3. The Morgan fingerprint density at radius 2 is 1.71 bits per heavy atom. The minimum Gasteiger partial charge on any atom is -0.475 e. The third-order valence-electron chi connectivity index (χ3n) is 6.05. The van der Waals surface area contributed by atoms with Gasteiger partial charge in [-0.05, 0) is 56.5 Å². The highest BCUT2D eigenvalue weighted by Crippen LogP contribution is 2.28. The van der Waals surface area contributed by atoms with Gasteiger partial charge in [0.05, 0.1) is 11.6 Å². The van der Waals surface area contributed by atoms with Crippen LogP contribution in [-0.2, 0) is 4.79 Å². The predicted molar refractivity (Wildman–Crippen MR) is 146 cm³/mol. The average molecular weight is 571 g/mol. The van der Waals surface area contributed by atoms with E-state index in [4.69, 9.17) is 9.90 Å². The Kier molecular flexibility index (Phi) is 9.66. The Bertz CT molecular complexity index is 1550. The molecule has 0 bridgehead atoms. The number of carboxylic acids is 1. The van der Waals surface area contributed by atoms with E-state index in [0.29, 0.717) is 29.0 Å². The van der Waals surface area contributed by atoms with Gasteiger partial charge in [0.2, 0.25) is 0 Å². The normalized spacial score (nSPS) is 11.7. The number of amides is 2. The Morgan fingerprint density at radius 1 is 1.05 bits per heavy atom. The number of hydrogen-bond acceptors (Lipinski definition) is 6. The molecule has 2 aromatic heterocycles. The first-order valence-electron chi connectivity index (χ1n) is 12.5. The zero-order chi connectivity index (χ0) is 30.3. The maximum atomic E-state index is 13.1. The second-order valence-electron chi connectivity index (χ2n) is 8.99. The number of nitrogens with one attached hydrogen (secondary N) is 3. The molecule has 0 aliphatic rings. The molecule has 2 heterocycles. The summed E-state index contributed by atoms with van der Waals surface area (Å²) in [4.78, 5) is 38.7. The molecule has 0 spiro atoms. The lowest BCUT2D eigenvalue weighted by Gasteiger charge is -2.14. The van der Waals surface area contributed by atoms with E-state index < -0.39 is 12.1 Å². The van der Waals surface area contributed by atoms with Crippen LogP contribution in [0.3, 0.4) is 0 Å². The van der Waals surface area contributed by atoms with E-state index in [-0.39, 0.29) is 17.9 Å². The second kappa shape index (κ2) is 12.9. The van der Waals surface area contributed by atoms with Gasteiger partial charge in [0.15, 0.2) is 5.82 Å². The lowest BCUT2D eigenvalue weighted by molar-refractivity contribution is -0.192. The molecule has 4 aromatic rings. The van der Waals surface area contributed by atoms with Crippen molar-refractivity contribution in [3.05, 3.63) is 88.9 Å². The fourth-order valence-electron chi connectivity index (χ4n) is 3.87. The van der Waals surface area contributed by atoms with E-state index in [1.54, 1.807) is 22.8 Å². The van der Waals surface area contributed by atoms with Gasteiger partial charge in [0.1, 0.15) is 11.8 Å². The van der Waals surface area contributed by atoms with Gasteiger partial charge in [-0.25, -0.2) is 14.3 Å². The van der Waals surface area contributed by atoms with Crippen molar-refractivity contribution in [3.63, 3.8) is 0 Å². The van der Waals surface area contributed by atoms with Crippen molar-refractivity contribution in [1.82, 2.24) is 25.2 Å². The standard InChI is InChI=1S/C26H28N6O2.C2HF3O2/c1-5-27-25(33)20-12-11-16(2)22(13-20)31-24-23-17(3)21(14-32(23)29-15-28-24)26(34)30-18(4)19-9-7-6-8-10-19;3-2(4,5)1(6)7/h6-15,18H,5H2,1-4H3,(H,27,33)(H,30,34)(H,28,29,31);(H,6,7)/t18-;/m0./s1. The minimum absolute atomic E-state index is 0.135. The van der Waals surface area contributed by atoms with Crippen LogP contribution in [0.1, 0.15) is 57.3 Å². The Labute approximate surface area is 233 Å². The van der Waals surface area contributed by atoms with Crippen molar-refractivity contribution in [3.8, 4) is 0 Å². The van der Waals surface area contributed by atoms with E-state index in [1.807, 2.05) is 64.1 Å². The molecule has 0 fully saturated rings. The van der Waals surface area contributed by atoms with Crippen LogP contribution in [0.15, 0.2) is 61.1 Å². The molecule has 0 unspecified atom stereocenters. The fourth-order valence-corrected chi connectivity index (χ4v) is 3.87. The van der Waals surface area contributed by atoms with E-state index in [2.05, 4.69) is 26.0 Å². The summed E-state index contributed by atoms with van der Waals surface area (Å²) < 4.78 is 33.4. The highest BCUT2D eigenvalue weighted by molar-refractivity contribution is 5.99. The SMILES string of the molecule is CCNC(=O)c1ccc(C)c(Nc2ncnn3cc(C(=O)N[C@@H](C)c4ccccc4)c(C)c23)c1.O=C(O)C(F)(F)F. The topological polar surface area (TPSA) is 138 Å². The maximum absolute atomic E-state index is 13.1. The number of carbonyl (C=O) groups excluding carboxylic acids is 2. The monoisotopic (exact) mass is 570 g/mol. The molecule has 0 aliphatic carbocycles. The summed E-state index contributed by atoms with van der Waals surface area (Å²) in [6.45, 7) is 8.22. The number of aryl methyl sites for hydroxylation is 2. The second-order valence-corrected chi connectivity index (χ2v) is 8.99.